The van der Waals surface area contributed by atoms with E-state index in [0.717, 1.165) is 16.7 Å². The van der Waals surface area contributed by atoms with Crippen molar-refractivity contribution < 1.29 is 19.1 Å². The van der Waals surface area contributed by atoms with Gasteiger partial charge in [-0.1, -0.05) is 71.4 Å². The molecule has 6 nitrogen and oxygen atoms in total. The van der Waals surface area contributed by atoms with Gasteiger partial charge < -0.3 is 9.47 Å². The van der Waals surface area contributed by atoms with Crippen molar-refractivity contribution in [2.45, 2.75) is 66.2 Å². The molecule has 2 aromatic carbocycles. The van der Waals surface area contributed by atoms with Crippen molar-refractivity contribution in [1.82, 2.24) is 10.9 Å². The Morgan fingerprint density at radius 2 is 1.28 bits per heavy atom. The highest BCUT2D eigenvalue weighted by molar-refractivity contribution is 5.83. The van der Waals surface area contributed by atoms with E-state index in [2.05, 4.69) is 58.5 Å². The average Bonchev–Trinajstić information content (AvgIpc) is 2.68. The van der Waals surface area contributed by atoms with Gasteiger partial charge in [-0.2, -0.15) is 0 Å². The lowest BCUT2D eigenvalue weighted by atomic mass is 9.80. The van der Waals surface area contributed by atoms with Gasteiger partial charge in [-0.25, -0.2) is 0 Å². The zero-order valence-electron chi connectivity index (χ0n) is 20.5. The van der Waals surface area contributed by atoms with Crippen LogP contribution in [0.3, 0.4) is 0 Å². The van der Waals surface area contributed by atoms with Gasteiger partial charge in [0.1, 0.15) is 11.5 Å². The SMILES string of the molecule is Cc1ccc(OCC(=O)NNC(=O)COc2ccc(C(C)(C)C)cc2C(C)(C)C)c(C)c1. The zero-order valence-corrected chi connectivity index (χ0v) is 20.5. The van der Waals surface area contributed by atoms with E-state index in [9.17, 15) is 9.59 Å². The molecule has 2 N–H and O–H groups in total. The number of hydrogen-bond acceptors (Lipinski definition) is 4. The van der Waals surface area contributed by atoms with Crippen LogP contribution in [-0.4, -0.2) is 25.0 Å². The Morgan fingerprint density at radius 3 is 1.78 bits per heavy atom. The van der Waals surface area contributed by atoms with E-state index in [1.54, 1.807) is 0 Å². The Bertz CT molecular complexity index is 969. The fourth-order valence-electron chi connectivity index (χ4n) is 3.17. The van der Waals surface area contributed by atoms with Crippen LogP contribution < -0.4 is 20.3 Å². The van der Waals surface area contributed by atoms with E-state index in [1.807, 2.05) is 44.2 Å². The number of amides is 2. The number of benzene rings is 2. The summed E-state index contributed by atoms with van der Waals surface area (Å²) in [6.07, 6.45) is 0. The Balaban J connectivity index is 1.89. The van der Waals surface area contributed by atoms with Gasteiger partial charge in [-0.15, -0.1) is 0 Å². The standard InChI is InChI=1S/C26H36N2O4/c1-17-9-11-21(18(2)13-17)31-15-23(29)27-28-24(30)16-32-22-12-10-19(25(3,4)5)14-20(22)26(6,7)8/h9-14H,15-16H2,1-8H3,(H,27,29)(H,28,30). The van der Waals surface area contributed by atoms with Gasteiger partial charge >= 0.3 is 0 Å². The third kappa shape index (κ3) is 7.29. The number of ether oxygens (including phenoxy) is 2. The Hall–Kier alpha value is -3.02. The molecule has 0 radical (unpaired) electrons. The molecule has 2 amide bonds. The van der Waals surface area contributed by atoms with Gasteiger partial charge in [0.15, 0.2) is 13.2 Å². The van der Waals surface area contributed by atoms with Crippen LogP contribution in [0, 0.1) is 13.8 Å². The molecule has 0 spiro atoms. The molecule has 6 heteroatoms. The summed E-state index contributed by atoms with van der Waals surface area (Å²) in [5, 5.41) is 0. The maximum atomic E-state index is 12.2. The fraction of sp³-hybridized carbons (Fsp3) is 0.462. The second-order valence-corrected chi connectivity index (χ2v) is 10.2. The summed E-state index contributed by atoms with van der Waals surface area (Å²) in [5.74, 6) is 0.381. The van der Waals surface area contributed by atoms with Crippen molar-refractivity contribution in [3.05, 3.63) is 58.7 Å². The molecule has 174 valence electrons. The Kier molecular flexibility index (Phi) is 7.94. The predicted octanol–water partition coefficient (Wildman–Crippen LogP) is 4.50. The molecule has 0 aliphatic heterocycles. The normalized spacial score (nSPS) is 11.6. The average molecular weight is 441 g/mol. The third-order valence-electron chi connectivity index (χ3n) is 5.04. The largest absolute Gasteiger partial charge is 0.483 e. The molecular weight excluding hydrogens is 404 g/mol. The van der Waals surface area contributed by atoms with Crippen LogP contribution in [0.2, 0.25) is 0 Å². The molecule has 0 saturated carbocycles. The van der Waals surface area contributed by atoms with Gasteiger partial charge in [0.05, 0.1) is 0 Å². The molecule has 0 bridgehead atoms. The number of carbonyl (C=O) groups is 2. The number of rotatable bonds is 6. The minimum absolute atomic E-state index is 0.0133. The summed E-state index contributed by atoms with van der Waals surface area (Å²) in [6.45, 7) is 16.3. The molecule has 0 heterocycles. The van der Waals surface area contributed by atoms with Crippen molar-refractivity contribution in [3.8, 4) is 11.5 Å². The molecular formula is C26H36N2O4. The molecule has 0 fully saturated rings. The molecule has 0 unspecified atom stereocenters. The van der Waals surface area contributed by atoms with Crippen LogP contribution in [-0.2, 0) is 20.4 Å². The van der Waals surface area contributed by atoms with Gasteiger partial charge in [-0.3, -0.25) is 20.4 Å². The quantitative estimate of drug-likeness (QED) is 0.648. The molecule has 2 rings (SSSR count). The molecule has 0 saturated heterocycles. The second kappa shape index (κ2) is 10.1. The van der Waals surface area contributed by atoms with E-state index in [1.165, 1.54) is 5.56 Å². The molecule has 2 aromatic rings. The van der Waals surface area contributed by atoms with Crippen LogP contribution in [0.5, 0.6) is 11.5 Å². The maximum absolute atomic E-state index is 12.2. The van der Waals surface area contributed by atoms with Crippen molar-refractivity contribution >= 4 is 11.8 Å². The van der Waals surface area contributed by atoms with Crippen LogP contribution in [0.25, 0.3) is 0 Å². The summed E-state index contributed by atoms with van der Waals surface area (Å²) in [7, 11) is 0. The Labute approximate surface area is 191 Å². The fourth-order valence-corrected chi connectivity index (χ4v) is 3.17. The highest BCUT2D eigenvalue weighted by atomic mass is 16.5. The first-order valence-electron chi connectivity index (χ1n) is 10.8. The smallest absolute Gasteiger partial charge is 0.276 e. The van der Waals surface area contributed by atoms with E-state index in [4.69, 9.17) is 9.47 Å². The zero-order chi connectivity index (χ0) is 24.1. The van der Waals surface area contributed by atoms with Gasteiger partial charge in [0, 0.05) is 0 Å². The summed E-state index contributed by atoms with van der Waals surface area (Å²) >= 11 is 0. The number of hydrazine groups is 1. The van der Waals surface area contributed by atoms with Crippen LogP contribution in [0.15, 0.2) is 36.4 Å². The van der Waals surface area contributed by atoms with Crippen molar-refractivity contribution in [1.29, 1.82) is 0 Å². The summed E-state index contributed by atoms with van der Waals surface area (Å²) in [6, 6.07) is 11.8. The van der Waals surface area contributed by atoms with Gasteiger partial charge in [0.2, 0.25) is 0 Å². The molecule has 0 aliphatic carbocycles. The van der Waals surface area contributed by atoms with Crippen molar-refractivity contribution in [3.63, 3.8) is 0 Å². The topological polar surface area (TPSA) is 76.7 Å². The third-order valence-corrected chi connectivity index (χ3v) is 5.04. The lowest BCUT2D eigenvalue weighted by molar-refractivity contribution is -0.131. The van der Waals surface area contributed by atoms with E-state index in [0.29, 0.717) is 11.5 Å². The summed E-state index contributed by atoms with van der Waals surface area (Å²) in [4.78, 5) is 24.2. The number of carbonyl (C=O) groups excluding carboxylic acids is 2. The summed E-state index contributed by atoms with van der Waals surface area (Å²) in [5.41, 5.74) is 8.88. The number of nitrogens with one attached hydrogen (secondary N) is 2. The van der Waals surface area contributed by atoms with E-state index in [-0.39, 0.29) is 24.0 Å². The first kappa shape index (κ1) is 25.2. The first-order chi connectivity index (χ1) is 14.8. The van der Waals surface area contributed by atoms with Gasteiger partial charge in [0.25, 0.3) is 11.8 Å². The maximum Gasteiger partial charge on any atom is 0.276 e. The lowest BCUT2D eigenvalue weighted by Crippen LogP contribution is -2.45. The monoisotopic (exact) mass is 440 g/mol. The predicted molar refractivity (Wildman–Crippen MR) is 127 cm³/mol. The molecule has 0 aliphatic rings. The van der Waals surface area contributed by atoms with E-state index >= 15 is 0 Å². The minimum atomic E-state index is -0.455. The van der Waals surface area contributed by atoms with E-state index < -0.39 is 11.8 Å². The van der Waals surface area contributed by atoms with Crippen LogP contribution in [0.4, 0.5) is 0 Å². The van der Waals surface area contributed by atoms with Crippen molar-refractivity contribution in [2.24, 2.45) is 0 Å². The lowest BCUT2D eigenvalue weighted by Gasteiger charge is -2.27. The van der Waals surface area contributed by atoms with Crippen LogP contribution >= 0.6 is 0 Å². The first-order valence-corrected chi connectivity index (χ1v) is 10.8. The minimum Gasteiger partial charge on any atom is -0.483 e. The second-order valence-electron chi connectivity index (χ2n) is 10.2. The highest BCUT2D eigenvalue weighted by Gasteiger charge is 2.23. The number of hydrogen-bond donors (Lipinski definition) is 2. The highest BCUT2D eigenvalue weighted by Crippen LogP contribution is 2.35. The van der Waals surface area contributed by atoms with Crippen molar-refractivity contribution in [2.75, 3.05) is 13.2 Å². The molecule has 0 atom stereocenters. The Morgan fingerprint density at radius 1 is 0.750 bits per heavy atom. The van der Waals surface area contributed by atoms with Crippen LogP contribution in [0.1, 0.15) is 63.8 Å². The van der Waals surface area contributed by atoms with Gasteiger partial charge in [-0.05, 0) is 53.5 Å². The summed E-state index contributed by atoms with van der Waals surface area (Å²) < 4.78 is 11.3. The number of aryl methyl sites for hydroxylation is 2. The molecule has 32 heavy (non-hydrogen) atoms. The molecule has 0 aromatic heterocycles.